The summed E-state index contributed by atoms with van der Waals surface area (Å²) < 4.78 is 5.92. The molecule has 0 saturated heterocycles. The molecule has 0 N–H and O–H groups in total. The van der Waals surface area contributed by atoms with Gasteiger partial charge < -0.3 is 4.74 Å². The summed E-state index contributed by atoms with van der Waals surface area (Å²) in [5.74, 6) is 12.9. The maximum absolute atomic E-state index is 5.92. The van der Waals surface area contributed by atoms with Gasteiger partial charge in [-0.2, -0.15) is 0 Å². The van der Waals surface area contributed by atoms with E-state index in [1.165, 1.54) is 22.3 Å². The Balaban J connectivity index is 1.96. The molecule has 2 rings (SSSR count). The van der Waals surface area contributed by atoms with Gasteiger partial charge in [-0.15, -0.1) is 11.8 Å². The highest BCUT2D eigenvalue weighted by Gasteiger charge is 2.05. The van der Waals surface area contributed by atoms with Gasteiger partial charge in [0.25, 0.3) is 0 Å². The lowest BCUT2D eigenvalue weighted by Crippen LogP contribution is -1.98. The molecule has 2 atom stereocenters. The monoisotopic (exact) mass is 330 g/mol. The standard InChI is InChI=1S/C24H26O/c1-5-9-19(3)23-13-7-11-21(15-23)17-25-18-22-12-8-14-24(16-22)20(4)10-6-2/h7-8,11-16,19-20H,17-18H2,1-4H3. The van der Waals surface area contributed by atoms with Crippen molar-refractivity contribution in [2.24, 2.45) is 0 Å². The normalized spacial score (nSPS) is 12.3. The first kappa shape index (κ1) is 18.9. The highest BCUT2D eigenvalue weighted by atomic mass is 16.5. The van der Waals surface area contributed by atoms with Crippen LogP contribution in [0.25, 0.3) is 0 Å². The van der Waals surface area contributed by atoms with Crippen molar-refractivity contribution in [2.45, 2.75) is 52.7 Å². The Morgan fingerprint density at radius 3 is 1.60 bits per heavy atom. The van der Waals surface area contributed by atoms with Crippen molar-refractivity contribution in [3.05, 3.63) is 70.8 Å². The van der Waals surface area contributed by atoms with E-state index in [-0.39, 0.29) is 11.8 Å². The summed E-state index contributed by atoms with van der Waals surface area (Å²) in [6.07, 6.45) is 0. The predicted molar refractivity (Wildman–Crippen MR) is 105 cm³/mol. The number of rotatable bonds is 6. The van der Waals surface area contributed by atoms with Crippen molar-refractivity contribution >= 4 is 0 Å². The Bertz CT molecular complexity index is 741. The van der Waals surface area contributed by atoms with Gasteiger partial charge in [-0.25, -0.2) is 0 Å². The molecule has 0 aliphatic rings. The maximum Gasteiger partial charge on any atom is 0.0721 e. The lowest BCUT2D eigenvalue weighted by molar-refractivity contribution is 0.107. The maximum atomic E-state index is 5.92. The zero-order chi connectivity index (χ0) is 18.1. The van der Waals surface area contributed by atoms with Crippen LogP contribution in [0, 0.1) is 23.7 Å². The fourth-order valence-electron chi connectivity index (χ4n) is 2.79. The van der Waals surface area contributed by atoms with E-state index in [4.69, 9.17) is 4.74 Å². The second kappa shape index (κ2) is 9.73. The molecule has 0 aliphatic carbocycles. The fraction of sp³-hybridized carbons (Fsp3) is 0.333. The lowest BCUT2D eigenvalue weighted by atomic mass is 9.99. The van der Waals surface area contributed by atoms with Crippen LogP contribution < -0.4 is 0 Å². The molecule has 2 aromatic carbocycles. The van der Waals surface area contributed by atoms with Gasteiger partial charge in [-0.3, -0.25) is 0 Å². The quantitative estimate of drug-likeness (QED) is 0.621. The highest BCUT2D eigenvalue weighted by molar-refractivity contribution is 5.32. The van der Waals surface area contributed by atoms with Crippen molar-refractivity contribution in [3.8, 4) is 23.7 Å². The average Bonchev–Trinajstić information content (AvgIpc) is 2.63. The van der Waals surface area contributed by atoms with Crippen LogP contribution in [0.1, 0.15) is 61.8 Å². The molecule has 128 valence electrons. The summed E-state index contributed by atoms with van der Waals surface area (Å²) in [4.78, 5) is 0. The van der Waals surface area contributed by atoms with Gasteiger partial charge in [0.2, 0.25) is 0 Å². The molecule has 2 aromatic rings. The Hall–Kier alpha value is -2.48. The van der Waals surface area contributed by atoms with Crippen LogP contribution in [-0.2, 0) is 18.0 Å². The molecule has 0 radical (unpaired) electrons. The summed E-state index contributed by atoms with van der Waals surface area (Å²) in [5, 5.41) is 0. The molecular formula is C24H26O. The van der Waals surface area contributed by atoms with Crippen LogP contribution in [-0.4, -0.2) is 0 Å². The average molecular weight is 330 g/mol. The minimum absolute atomic E-state index is 0.253. The van der Waals surface area contributed by atoms with Gasteiger partial charge in [-0.05, 0) is 49.9 Å². The molecule has 0 saturated carbocycles. The van der Waals surface area contributed by atoms with E-state index in [1.807, 2.05) is 13.8 Å². The van der Waals surface area contributed by atoms with Gasteiger partial charge in [0.1, 0.15) is 0 Å². The van der Waals surface area contributed by atoms with Crippen LogP contribution >= 0.6 is 0 Å². The highest BCUT2D eigenvalue weighted by Crippen LogP contribution is 2.18. The van der Waals surface area contributed by atoms with E-state index in [1.54, 1.807) is 0 Å². The van der Waals surface area contributed by atoms with Gasteiger partial charge in [-0.1, -0.05) is 60.4 Å². The largest absolute Gasteiger partial charge is 0.372 e. The summed E-state index contributed by atoms with van der Waals surface area (Å²) >= 11 is 0. The van der Waals surface area contributed by atoms with E-state index in [0.717, 1.165) is 0 Å². The van der Waals surface area contributed by atoms with Crippen LogP contribution in [0.4, 0.5) is 0 Å². The topological polar surface area (TPSA) is 9.23 Å². The molecule has 0 aromatic heterocycles. The Labute approximate surface area is 152 Å². The Morgan fingerprint density at radius 2 is 1.20 bits per heavy atom. The Kier molecular flexibility index (Phi) is 7.34. The van der Waals surface area contributed by atoms with E-state index in [0.29, 0.717) is 13.2 Å². The van der Waals surface area contributed by atoms with Gasteiger partial charge in [0, 0.05) is 11.8 Å². The van der Waals surface area contributed by atoms with E-state index in [9.17, 15) is 0 Å². The minimum Gasteiger partial charge on any atom is -0.372 e. The Morgan fingerprint density at radius 1 is 0.760 bits per heavy atom. The zero-order valence-corrected chi connectivity index (χ0v) is 15.6. The summed E-state index contributed by atoms with van der Waals surface area (Å²) in [5.41, 5.74) is 4.85. The molecule has 25 heavy (non-hydrogen) atoms. The lowest BCUT2D eigenvalue weighted by Gasteiger charge is -2.10. The van der Waals surface area contributed by atoms with Crippen molar-refractivity contribution in [3.63, 3.8) is 0 Å². The summed E-state index contributed by atoms with van der Waals surface area (Å²) in [6, 6.07) is 17.0. The minimum atomic E-state index is 0.253. The summed E-state index contributed by atoms with van der Waals surface area (Å²) in [7, 11) is 0. The molecule has 0 bridgehead atoms. The SMILES string of the molecule is CC#CC(C)c1cccc(COCc2cccc(C(C)C#CC)c2)c1. The number of hydrogen-bond donors (Lipinski definition) is 0. The molecule has 2 unspecified atom stereocenters. The van der Waals surface area contributed by atoms with Gasteiger partial charge in [0.15, 0.2) is 0 Å². The van der Waals surface area contributed by atoms with Crippen molar-refractivity contribution in [2.75, 3.05) is 0 Å². The first-order valence-electron chi connectivity index (χ1n) is 8.74. The third kappa shape index (κ3) is 5.82. The number of ether oxygens (including phenoxy) is 1. The molecule has 0 aliphatic heterocycles. The smallest absolute Gasteiger partial charge is 0.0721 e. The molecule has 0 fully saturated rings. The molecular weight excluding hydrogens is 304 g/mol. The second-order valence-electron chi connectivity index (χ2n) is 6.21. The number of hydrogen-bond acceptors (Lipinski definition) is 1. The molecule has 0 amide bonds. The first-order valence-corrected chi connectivity index (χ1v) is 8.74. The van der Waals surface area contributed by atoms with Crippen LogP contribution in [0.2, 0.25) is 0 Å². The molecule has 1 heteroatoms. The van der Waals surface area contributed by atoms with Crippen molar-refractivity contribution in [1.82, 2.24) is 0 Å². The first-order chi connectivity index (χ1) is 12.1. The fourth-order valence-corrected chi connectivity index (χ4v) is 2.79. The predicted octanol–water partition coefficient (Wildman–Crippen LogP) is 5.66. The van der Waals surface area contributed by atoms with Crippen LogP contribution in [0.15, 0.2) is 48.5 Å². The molecule has 0 heterocycles. The molecule has 1 nitrogen and oxygen atoms in total. The van der Waals surface area contributed by atoms with Gasteiger partial charge >= 0.3 is 0 Å². The zero-order valence-electron chi connectivity index (χ0n) is 15.6. The van der Waals surface area contributed by atoms with E-state index in [2.05, 4.69) is 86.1 Å². The van der Waals surface area contributed by atoms with Crippen LogP contribution in [0.5, 0.6) is 0 Å². The third-order valence-corrected chi connectivity index (χ3v) is 4.16. The van der Waals surface area contributed by atoms with Gasteiger partial charge in [0.05, 0.1) is 13.2 Å². The van der Waals surface area contributed by atoms with E-state index < -0.39 is 0 Å². The third-order valence-electron chi connectivity index (χ3n) is 4.16. The van der Waals surface area contributed by atoms with Crippen LogP contribution in [0.3, 0.4) is 0 Å². The van der Waals surface area contributed by atoms with E-state index >= 15 is 0 Å². The second-order valence-corrected chi connectivity index (χ2v) is 6.21. The van der Waals surface area contributed by atoms with Crippen molar-refractivity contribution in [1.29, 1.82) is 0 Å². The molecule has 0 spiro atoms. The summed E-state index contributed by atoms with van der Waals surface area (Å²) in [6.45, 7) is 9.23. The number of benzene rings is 2. The van der Waals surface area contributed by atoms with Crippen molar-refractivity contribution < 1.29 is 4.74 Å².